The minimum Gasteiger partial charge on any atom is -0.508 e. The molecule has 27 heavy (non-hydrogen) atoms. The largest absolute Gasteiger partial charge is 0.508 e. The summed E-state index contributed by atoms with van der Waals surface area (Å²) in [7, 11) is 0. The third kappa shape index (κ3) is 3.69. The van der Waals surface area contributed by atoms with Gasteiger partial charge >= 0.3 is 0 Å². The SMILES string of the molecule is O=C(Nc1ccc(O)cc1)c1cnn2ccc(NCc3cccnc3)nc12. The van der Waals surface area contributed by atoms with Gasteiger partial charge in [0, 0.05) is 30.8 Å². The normalized spacial score (nSPS) is 10.7. The minimum absolute atomic E-state index is 0.134. The van der Waals surface area contributed by atoms with E-state index in [-0.39, 0.29) is 11.7 Å². The Bertz CT molecular complexity index is 1080. The van der Waals surface area contributed by atoms with Crippen LogP contribution in [-0.4, -0.2) is 30.6 Å². The lowest BCUT2D eigenvalue weighted by molar-refractivity contribution is 0.102. The van der Waals surface area contributed by atoms with E-state index in [0.29, 0.717) is 29.3 Å². The van der Waals surface area contributed by atoms with Crippen LogP contribution in [0.3, 0.4) is 0 Å². The molecule has 1 amide bonds. The van der Waals surface area contributed by atoms with E-state index in [1.165, 1.54) is 18.3 Å². The van der Waals surface area contributed by atoms with Gasteiger partial charge in [-0.1, -0.05) is 6.07 Å². The van der Waals surface area contributed by atoms with Gasteiger partial charge in [-0.3, -0.25) is 9.78 Å². The highest BCUT2D eigenvalue weighted by Crippen LogP contribution is 2.17. The summed E-state index contributed by atoms with van der Waals surface area (Å²) in [6.45, 7) is 0.570. The first-order valence-corrected chi connectivity index (χ1v) is 8.26. The summed E-state index contributed by atoms with van der Waals surface area (Å²) in [6.07, 6.45) is 6.72. The molecule has 0 spiro atoms. The van der Waals surface area contributed by atoms with E-state index in [0.717, 1.165) is 5.56 Å². The van der Waals surface area contributed by atoms with E-state index < -0.39 is 0 Å². The molecular weight excluding hydrogens is 344 g/mol. The van der Waals surface area contributed by atoms with E-state index in [1.807, 2.05) is 12.1 Å². The van der Waals surface area contributed by atoms with Crippen LogP contribution < -0.4 is 10.6 Å². The molecule has 0 aliphatic heterocycles. The van der Waals surface area contributed by atoms with Gasteiger partial charge in [0.15, 0.2) is 5.65 Å². The van der Waals surface area contributed by atoms with Gasteiger partial charge in [0.05, 0.1) is 6.20 Å². The van der Waals surface area contributed by atoms with Crippen molar-refractivity contribution in [1.29, 1.82) is 0 Å². The molecule has 0 radical (unpaired) electrons. The Hall–Kier alpha value is -3.94. The van der Waals surface area contributed by atoms with Crippen LogP contribution in [-0.2, 0) is 6.54 Å². The van der Waals surface area contributed by atoms with Gasteiger partial charge in [-0.05, 0) is 42.0 Å². The van der Waals surface area contributed by atoms with E-state index in [4.69, 9.17) is 0 Å². The van der Waals surface area contributed by atoms with Crippen molar-refractivity contribution < 1.29 is 9.90 Å². The molecule has 0 aliphatic carbocycles. The summed E-state index contributed by atoms with van der Waals surface area (Å²) in [4.78, 5) is 21.1. The Kier molecular flexibility index (Phi) is 4.36. The number of amides is 1. The number of hydrogen-bond donors (Lipinski definition) is 3. The monoisotopic (exact) mass is 360 g/mol. The lowest BCUT2D eigenvalue weighted by Crippen LogP contribution is -2.12. The molecule has 0 saturated heterocycles. The fourth-order valence-electron chi connectivity index (χ4n) is 2.57. The van der Waals surface area contributed by atoms with Crippen LogP contribution >= 0.6 is 0 Å². The average Bonchev–Trinajstić information content (AvgIpc) is 3.12. The number of nitrogens with one attached hydrogen (secondary N) is 2. The Morgan fingerprint density at radius 2 is 1.96 bits per heavy atom. The number of phenolic OH excluding ortho intramolecular Hbond substituents is 1. The van der Waals surface area contributed by atoms with Crippen molar-refractivity contribution in [1.82, 2.24) is 19.6 Å². The number of fused-ring (bicyclic) bond motifs is 1. The van der Waals surface area contributed by atoms with Gasteiger partial charge in [-0.2, -0.15) is 5.10 Å². The first-order valence-electron chi connectivity index (χ1n) is 8.26. The minimum atomic E-state index is -0.326. The van der Waals surface area contributed by atoms with Gasteiger partial charge in [0.1, 0.15) is 17.1 Å². The van der Waals surface area contributed by atoms with E-state index in [9.17, 15) is 9.90 Å². The van der Waals surface area contributed by atoms with Crippen LogP contribution in [0, 0.1) is 0 Å². The standard InChI is InChI=1S/C19H16N6O2/c26-15-5-3-14(4-6-15)23-19(27)16-12-22-25-9-7-17(24-18(16)25)21-11-13-2-1-8-20-10-13/h1-10,12,26H,11H2,(H,21,24)(H,23,27). The summed E-state index contributed by atoms with van der Waals surface area (Å²) in [5.74, 6) is 0.438. The number of rotatable bonds is 5. The second-order valence-corrected chi connectivity index (χ2v) is 5.86. The van der Waals surface area contributed by atoms with Crippen molar-refractivity contribution >= 4 is 23.1 Å². The highest BCUT2D eigenvalue weighted by atomic mass is 16.3. The first kappa shape index (κ1) is 16.5. The van der Waals surface area contributed by atoms with E-state index in [1.54, 1.807) is 41.3 Å². The van der Waals surface area contributed by atoms with Crippen LogP contribution in [0.5, 0.6) is 5.75 Å². The number of pyridine rings is 1. The number of carbonyl (C=O) groups is 1. The zero-order chi connectivity index (χ0) is 18.6. The molecule has 8 nitrogen and oxygen atoms in total. The molecule has 3 N–H and O–H groups in total. The van der Waals surface area contributed by atoms with Crippen molar-refractivity contribution in [2.24, 2.45) is 0 Å². The molecule has 0 unspecified atom stereocenters. The molecule has 0 fully saturated rings. The molecule has 3 aromatic heterocycles. The second-order valence-electron chi connectivity index (χ2n) is 5.86. The summed E-state index contributed by atoms with van der Waals surface area (Å²) >= 11 is 0. The van der Waals surface area contributed by atoms with Crippen molar-refractivity contribution in [3.05, 3.63) is 78.4 Å². The molecule has 8 heteroatoms. The predicted molar refractivity (Wildman–Crippen MR) is 101 cm³/mol. The molecule has 0 aliphatic rings. The Morgan fingerprint density at radius 1 is 1.11 bits per heavy atom. The van der Waals surface area contributed by atoms with Crippen molar-refractivity contribution in [3.63, 3.8) is 0 Å². The smallest absolute Gasteiger partial charge is 0.261 e. The predicted octanol–water partition coefficient (Wildman–Crippen LogP) is 2.69. The first-order chi connectivity index (χ1) is 13.2. The molecule has 0 saturated carbocycles. The maximum atomic E-state index is 12.6. The van der Waals surface area contributed by atoms with Gasteiger partial charge < -0.3 is 15.7 Å². The lowest BCUT2D eigenvalue weighted by Gasteiger charge is -2.07. The van der Waals surface area contributed by atoms with Crippen LogP contribution in [0.15, 0.2) is 67.3 Å². The highest BCUT2D eigenvalue weighted by molar-refractivity contribution is 6.08. The van der Waals surface area contributed by atoms with E-state index >= 15 is 0 Å². The number of aromatic nitrogens is 4. The summed E-state index contributed by atoms with van der Waals surface area (Å²) in [5, 5.41) is 19.5. The maximum Gasteiger partial charge on any atom is 0.261 e. The third-order valence-electron chi connectivity index (χ3n) is 3.94. The third-order valence-corrected chi connectivity index (χ3v) is 3.94. The van der Waals surface area contributed by atoms with Crippen LogP contribution in [0.1, 0.15) is 15.9 Å². The molecule has 4 rings (SSSR count). The van der Waals surface area contributed by atoms with Gasteiger partial charge in [-0.15, -0.1) is 0 Å². The number of nitrogens with zero attached hydrogens (tertiary/aromatic N) is 4. The summed E-state index contributed by atoms with van der Waals surface area (Å²) in [5.41, 5.74) is 2.40. The Labute approximate surface area is 154 Å². The average molecular weight is 360 g/mol. The van der Waals surface area contributed by atoms with Crippen LogP contribution in [0.25, 0.3) is 5.65 Å². The van der Waals surface area contributed by atoms with Crippen LogP contribution in [0.4, 0.5) is 11.5 Å². The molecule has 0 bridgehead atoms. The topological polar surface area (TPSA) is 104 Å². The molecule has 1 aromatic carbocycles. The zero-order valence-electron chi connectivity index (χ0n) is 14.2. The molecule has 0 atom stereocenters. The number of anilines is 2. The van der Waals surface area contributed by atoms with Crippen molar-refractivity contribution in [3.8, 4) is 5.75 Å². The Balaban J connectivity index is 1.54. The number of aromatic hydroxyl groups is 1. The second kappa shape index (κ2) is 7.12. The number of hydrogen-bond acceptors (Lipinski definition) is 6. The van der Waals surface area contributed by atoms with Gasteiger partial charge in [-0.25, -0.2) is 9.50 Å². The highest BCUT2D eigenvalue weighted by Gasteiger charge is 2.15. The quantitative estimate of drug-likeness (QED) is 0.473. The van der Waals surface area contributed by atoms with Crippen molar-refractivity contribution in [2.45, 2.75) is 6.54 Å². The Morgan fingerprint density at radius 3 is 2.74 bits per heavy atom. The van der Waals surface area contributed by atoms with Gasteiger partial charge in [0.25, 0.3) is 5.91 Å². The van der Waals surface area contributed by atoms with Crippen molar-refractivity contribution in [2.75, 3.05) is 10.6 Å². The summed E-state index contributed by atoms with van der Waals surface area (Å²) < 4.78 is 1.54. The molecule has 134 valence electrons. The number of phenols is 1. The fourth-order valence-corrected chi connectivity index (χ4v) is 2.57. The number of carbonyl (C=O) groups excluding carboxylic acids is 1. The van der Waals surface area contributed by atoms with Gasteiger partial charge in [0.2, 0.25) is 0 Å². The van der Waals surface area contributed by atoms with E-state index in [2.05, 4.69) is 25.7 Å². The zero-order valence-corrected chi connectivity index (χ0v) is 14.2. The lowest BCUT2D eigenvalue weighted by atomic mass is 10.2. The number of benzene rings is 1. The maximum absolute atomic E-state index is 12.6. The molecule has 3 heterocycles. The molecule has 4 aromatic rings. The summed E-state index contributed by atoms with van der Waals surface area (Å²) in [6, 6.07) is 11.9. The fraction of sp³-hybridized carbons (Fsp3) is 0.0526. The van der Waals surface area contributed by atoms with Crippen LogP contribution in [0.2, 0.25) is 0 Å². The molecular formula is C19H16N6O2.